The average molecular weight is 246 g/mol. The zero-order valence-electron chi connectivity index (χ0n) is 9.14. The number of pyridine rings is 1. The molecule has 0 aliphatic carbocycles. The number of hydrogen-bond donors (Lipinski definition) is 1. The zero-order valence-corrected chi connectivity index (χ0v) is 9.95. The predicted molar refractivity (Wildman–Crippen MR) is 66.8 cm³/mol. The molecule has 0 saturated heterocycles. The van der Waals surface area contributed by atoms with Gasteiger partial charge in [-0.2, -0.15) is 0 Å². The van der Waals surface area contributed by atoms with Crippen LogP contribution in [0.15, 0.2) is 40.9 Å². The number of fused-ring (bicyclic) bond motifs is 1. The molecule has 0 saturated carbocycles. The van der Waals surface area contributed by atoms with Crippen molar-refractivity contribution in [3.05, 3.63) is 41.3 Å². The molecule has 0 aliphatic heterocycles. The lowest BCUT2D eigenvalue weighted by molar-refractivity contribution is 0.309. The summed E-state index contributed by atoms with van der Waals surface area (Å²) in [4.78, 5) is 3.13. The molecule has 3 aromatic rings. The molecule has 3 rings (SSSR count). The number of nitrogens with one attached hydrogen (secondary N) is 1. The number of aromatic amines is 1. The average Bonchev–Trinajstić information content (AvgIpc) is 2.95. The molecule has 0 unspecified atom stereocenters. The maximum Gasteiger partial charge on any atom is 0.284 e. The molecule has 0 aromatic carbocycles. The van der Waals surface area contributed by atoms with Crippen LogP contribution in [0, 0.1) is 4.77 Å². The third-order valence-corrected chi connectivity index (χ3v) is 2.89. The second-order valence-corrected chi connectivity index (χ2v) is 3.97. The summed E-state index contributed by atoms with van der Waals surface area (Å²) in [6, 6.07) is 9.51. The van der Waals surface area contributed by atoms with E-state index in [0.29, 0.717) is 16.5 Å². The summed E-state index contributed by atoms with van der Waals surface area (Å²) in [5.41, 5.74) is 1.84. The van der Waals surface area contributed by atoms with Crippen LogP contribution >= 0.6 is 12.2 Å². The van der Waals surface area contributed by atoms with Crippen molar-refractivity contribution in [1.82, 2.24) is 9.38 Å². The van der Waals surface area contributed by atoms with Crippen molar-refractivity contribution in [3.63, 3.8) is 0 Å². The standard InChI is InChI=1S/C12H10N2O2S/c1-15-10-6-5-9(16-10)11-8-4-2-3-7-14(8)12(17)13-11/h2-7H,1H3,(H,13,17). The topological polar surface area (TPSA) is 42.6 Å². The first kappa shape index (κ1) is 10.2. The van der Waals surface area contributed by atoms with E-state index in [1.807, 2.05) is 34.9 Å². The van der Waals surface area contributed by atoms with Crippen LogP contribution in [0.4, 0.5) is 0 Å². The van der Waals surface area contributed by atoms with Gasteiger partial charge in [0.2, 0.25) is 0 Å². The molecule has 0 spiro atoms. The summed E-state index contributed by atoms with van der Waals surface area (Å²) in [5.74, 6) is 1.19. The second-order valence-electron chi connectivity index (χ2n) is 3.58. The van der Waals surface area contributed by atoms with Gasteiger partial charge >= 0.3 is 0 Å². The van der Waals surface area contributed by atoms with E-state index < -0.39 is 0 Å². The zero-order chi connectivity index (χ0) is 11.8. The van der Waals surface area contributed by atoms with Gasteiger partial charge in [0.1, 0.15) is 5.69 Å². The summed E-state index contributed by atoms with van der Waals surface area (Å²) in [7, 11) is 1.57. The Morgan fingerprint density at radius 3 is 2.94 bits per heavy atom. The number of nitrogens with zero attached hydrogens (tertiary/aromatic N) is 1. The first-order valence-corrected chi connectivity index (χ1v) is 5.54. The molecule has 0 fully saturated rings. The number of aromatic nitrogens is 2. The SMILES string of the molecule is COc1ccc(-c2[nH]c(=S)n3ccccc23)o1. The highest BCUT2D eigenvalue weighted by molar-refractivity contribution is 7.71. The van der Waals surface area contributed by atoms with Gasteiger partial charge in [0.15, 0.2) is 10.5 Å². The van der Waals surface area contributed by atoms with E-state index in [0.717, 1.165) is 11.2 Å². The highest BCUT2D eigenvalue weighted by Gasteiger charge is 2.11. The Morgan fingerprint density at radius 2 is 2.18 bits per heavy atom. The van der Waals surface area contributed by atoms with E-state index in [-0.39, 0.29) is 0 Å². The van der Waals surface area contributed by atoms with Gasteiger partial charge in [0.25, 0.3) is 5.95 Å². The summed E-state index contributed by atoms with van der Waals surface area (Å²) >= 11 is 5.24. The third-order valence-electron chi connectivity index (χ3n) is 2.60. The van der Waals surface area contributed by atoms with Crippen LogP contribution in [0.25, 0.3) is 17.0 Å². The molecule has 3 aromatic heterocycles. The molecule has 4 nitrogen and oxygen atoms in total. The van der Waals surface area contributed by atoms with E-state index in [4.69, 9.17) is 21.4 Å². The number of hydrogen-bond acceptors (Lipinski definition) is 3. The van der Waals surface area contributed by atoms with E-state index in [2.05, 4.69) is 4.98 Å². The Morgan fingerprint density at radius 1 is 1.29 bits per heavy atom. The fraction of sp³-hybridized carbons (Fsp3) is 0.0833. The molecule has 0 amide bonds. The Bertz CT molecular complexity index is 723. The van der Waals surface area contributed by atoms with Crippen molar-refractivity contribution in [2.75, 3.05) is 7.11 Å². The lowest BCUT2D eigenvalue weighted by atomic mass is 10.3. The van der Waals surface area contributed by atoms with Crippen LogP contribution in [-0.2, 0) is 0 Å². The summed E-state index contributed by atoms with van der Waals surface area (Å²) in [5, 5.41) is 0. The maximum absolute atomic E-state index is 5.53. The molecule has 0 atom stereocenters. The van der Waals surface area contributed by atoms with E-state index >= 15 is 0 Å². The van der Waals surface area contributed by atoms with E-state index in [1.54, 1.807) is 13.2 Å². The van der Waals surface area contributed by atoms with Crippen LogP contribution in [-0.4, -0.2) is 16.5 Å². The Balaban J connectivity index is 2.27. The molecule has 86 valence electrons. The number of ether oxygens (including phenoxy) is 1. The van der Waals surface area contributed by atoms with E-state index in [9.17, 15) is 0 Å². The lowest BCUT2D eigenvalue weighted by Crippen LogP contribution is -1.81. The highest BCUT2D eigenvalue weighted by atomic mass is 32.1. The van der Waals surface area contributed by atoms with Crippen LogP contribution in [0.3, 0.4) is 0 Å². The highest BCUT2D eigenvalue weighted by Crippen LogP contribution is 2.28. The fourth-order valence-corrected chi connectivity index (χ4v) is 2.07. The van der Waals surface area contributed by atoms with Crippen molar-refractivity contribution >= 4 is 17.7 Å². The number of imidazole rings is 1. The van der Waals surface area contributed by atoms with Gasteiger partial charge in [-0.3, -0.25) is 4.40 Å². The van der Waals surface area contributed by atoms with Gasteiger partial charge in [0, 0.05) is 12.3 Å². The van der Waals surface area contributed by atoms with Gasteiger partial charge in [0.05, 0.1) is 12.6 Å². The number of furan rings is 1. The number of rotatable bonds is 2. The van der Waals surface area contributed by atoms with Crippen molar-refractivity contribution in [3.8, 4) is 17.4 Å². The maximum atomic E-state index is 5.53. The Kier molecular flexibility index (Phi) is 2.26. The number of H-pyrrole nitrogens is 1. The van der Waals surface area contributed by atoms with Gasteiger partial charge in [-0.25, -0.2) is 0 Å². The second kappa shape index (κ2) is 3.78. The predicted octanol–water partition coefficient (Wildman–Crippen LogP) is 3.27. The summed E-state index contributed by atoms with van der Waals surface area (Å²) in [6.45, 7) is 0. The van der Waals surface area contributed by atoms with Gasteiger partial charge in [-0.15, -0.1) is 0 Å². The lowest BCUT2D eigenvalue weighted by Gasteiger charge is -1.95. The van der Waals surface area contributed by atoms with Crippen molar-refractivity contribution in [2.24, 2.45) is 0 Å². The fourth-order valence-electron chi connectivity index (χ4n) is 1.81. The monoisotopic (exact) mass is 246 g/mol. The molecule has 17 heavy (non-hydrogen) atoms. The summed E-state index contributed by atoms with van der Waals surface area (Å²) in [6.07, 6.45) is 1.91. The molecule has 3 heterocycles. The normalized spacial score (nSPS) is 10.9. The molecule has 1 N–H and O–H groups in total. The molecular weight excluding hydrogens is 236 g/mol. The minimum absolute atomic E-state index is 0.481. The largest absolute Gasteiger partial charge is 0.468 e. The Labute approximate surface area is 102 Å². The quantitative estimate of drug-likeness (QED) is 0.706. The van der Waals surface area contributed by atoms with Crippen LogP contribution < -0.4 is 4.74 Å². The van der Waals surface area contributed by atoms with Gasteiger partial charge in [-0.1, -0.05) is 6.07 Å². The van der Waals surface area contributed by atoms with Gasteiger partial charge < -0.3 is 14.1 Å². The van der Waals surface area contributed by atoms with Crippen LogP contribution in [0.2, 0.25) is 0 Å². The van der Waals surface area contributed by atoms with Crippen LogP contribution in [0.5, 0.6) is 5.95 Å². The van der Waals surface area contributed by atoms with Crippen molar-refractivity contribution in [2.45, 2.75) is 0 Å². The van der Waals surface area contributed by atoms with E-state index in [1.165, 1.54) is 0 Å². The molecule has 5 heteroatoms. The minimum atomic E-state index is 0.481. The third kappa shape index (κ3) is 1.55. The van der Waals surface area contributed by atoms with Gasteiger partial charge in [-0.05, 0) is 30.4 Å². The summed E-state index contributed by atoms with van der Waals surface area (Å²) < 4.78 is 13.1. The van der Waals surface area contributed by atoms with Crippen LogP contribution in [0.1, 0.15) is 0 Å². The van der Waals surface area contributed by atoms with Crippen molar-refractivity contribution in [1.29, 1.82) is 0 Å². The molecular formula is C12H10N2O2S. The molecule has 0 radical (unpaired) electrons. The Hall–Kier alpha value is -2.01. The van der Waals surface area contributed by atoms with Crippen molar-refractivity contribution < 1.29 is 9.15 Å². The molecule has 0 aliphatic rings. The number of methoxy groups -OCH3 is 1. The first-order valence-electron chi connectivity index (χ1n) is 5.13. The smallest absolute Gasteiger partial charge is 0.284 e. The molecule has 0 bridgehead atoms. The minimum Gasteiger partial charge on any atom is -0.468 e. The first-order chi connectivity index (χ1) is 8.29.